The number of aromatic nitrogens is 5. The van der Waals surface area contributed by atoms with Gasteiger partial charge in [-0.3, -0.25) is 10.1 Å². The lowest BCUT2D eigenvalue weighted by Gasteiger charge is -2.22. The van der Waals surface area contributed by atoms with E-state index in [2.05, 4.69) is 42.6 Å². The van der Waals surface area contributed by atoms with Gasteiger partial charge in [0.1, 0.15) is 11.5 Å². The van der Waals surface area contributed by atoms with E-state index in [1.807, 2.05) is 19.2 Å². The van der Waals surface area contributed by atoms with E-state index in [0.29, 0.717) is 5.92 Å². The molecule has 160 valence electrons. The Hall–Kier alpha value is -3.58. The van der Waals surface area contributed by atoms with Crippen molar-refractivity contribution in [3.63, 3.8) is 0 Å². The first-order chi connectivity index (χ1) is 15.7. The van der Waals surface area contributed by atoms with Gasteiger partial charge in [-0.15, -0.1) is 0 Å². The van der Waals surface area contributed by atoms with Gasteiger partial charge in [-0.05, 0) is 79.7 Å². The average Bonchev–Trinajstić information content (AvgIpc) is 3.42. The molecule has 0 spiro atoms. The number of aryl methyl sites for hydroxylation is 1. The Bertz CT molecular complexity index is 1420. The number of fused-ring (bicyclic) bond motifs is 2. The van der Waals surface area contributed by atoms with Crippen molar-refractivity contribution in [2.45, 2.75) is 25.7 Å². The molecule has 5 heterocycles. The predicted octanol–water partition coefficient (Wildman–Crippen LogP) is 5.08. The van der Waals surface area contributed by atoms with Crippen molar-refractivity contribution >= 4 is 21.9 Å². The molecule has 6 nitrogen and oxygen atoms in total. The van der Waals surface area contributed by atoms with E-state index in [0.717, 1.165) is 75.9 Å². The van der Waals surface area contributed by atoms with Crippen LogP contribution in [0.15, 0.2) is 48.9 Å². The van der Waals surface area contributed by atoms with Crippen LogP contribution in [0, 0.1) is 12.7 Å². The number of pyridine rings is 2. The fourth-order valence-corrected chi connectivity index (χ4v) is 4.80. The van der Waals surface area contributed by atoms with Gasteiger partial charge in [-0.25, -0.2) is 9.37 Å². The van der Waals surface area contributed by atoms with Crippen molar-refractivity contribution in [2.75, 3.05) is 13.1 Å². The standard InChI is InChI=1S/C25H23FN6/c1-14-6-16(8-18(26)7-14)21-12-28-13-23-19(21)10-22(30-23)24-20-9-17(11-29-25(20)32-31-24)15-2-4-27-5-3-15/h6-13,15,27,30H,2-5H2,1H3,(H,29,31,32). The molecule has 6 rings (SSSR count). The van der Waals surface area contributed by atoms with E-state index < -0.39 is 0 Å². The maximum atomic E-state index is 14.1. The summed E-state index contributed by atoms with van der Waals surface area (Å²) in [5, 5.41) is 13.0. The summed E-state index contributed by atoms with van der Waals surface area (Å²) in [4.78, 5) is 12.5. The van der Waals surface area contributed by atoms with Gasteiger partial charge in [-0.2, -0.15) is 5.10 Å². The predicted molar refractivity (Wildman–Crippen MR) is 124 cm³/mol. The lowest BCUT2D eigenvalue weighted by atomic mass is 9.91. The molecule has 5 aromatic rings. The van der Waals surface area contributed by atoms with Crippen molar-refractivity contribution in [3.8, 4) is 22.5 Å². The lowest BCUT2D eigenvalue weighted by Crippen LogP contribution is -2.26. The first-order valence-corrected chi connectivity index (χ1v) is 10.9. The molecule has 32 heavy (non-hydrogen) atoms. The molecule has 0 saturated carbocycles. The summed E-state index contributed by atoms with van der Waals surface area (Å²) in [5.41, 5.74) is 7.22. The molecule has 0 atom stereocenters. The quantitative estimate of drug-likeness (QED) is 0.376. The Morgan fingerprint density at radius 2 is 1.84 bits per heavy atom. The van der Waals surface area contributed by atoms with Crippen LogP contribution in [0.3, 0.4) is 0 Å². The fourth-order valence-electron chi connectivity index (χ4n) is 4.80. The molecule has 1 aliphatic heterocycles. The van der Waals surface area contributed by atoms with Crippen LogP contribution in [0.25, 0.3) is 44.5 Å². The summed E-state index contributed by atoms with van der Waals surface area (Å²) >= 11 is 0. The largest absolute Gasteiger partial charge is 0.352 e. The maximum Gasteiger partial charge on any atom is 0.155 e. The zero-order valence-electron chi connectivity index (χ0n) is 17.7. The summed E-state index contributed by atoms with van der Waals surface area (Å²) in [6.07, 6.45) is 7.79. The van der Waals surface area contributed by atoms with Crippen molar-refractivity contribution in [1.29, 1.82) is 0 Å². The van der Waals surface area contributed by atoms with Gasteiger partial charge >= 0.3 is 0 Å². The van der Waals surface area contributed by atoms with E-state index in [1.54, 1.807) is 18.5 Å². The second-order valence-electron chi connectivity index (χ2n) is 8.61. The summed E-state index contributed by atoms with van der Waals surface area (Å²) < 4.78 is 14.1. The molecule has 1 aliphatic rings. The molecule has 0 amide bonds. The fraction of sp³-hybridized carbons (Fsp3) is 0.240. The average molecular weight is 426 g/mol. The smallest absolute Gasteiger partial charge is 0.155 e. The minimum absolute atomic E-state index is 0.248. The SMILES string of the molecule is Cc1cc(F)cc(-c2cncc3[nH]c(-c4n[nH]c5ncc(C6CCNCC6)cc45)cc23)c1. The number of hydrogen-bond acceptors (Lipinski definition) is 4. The van der Waals surface area contributed by atoms with Crippen molar-refractivity contribution in [1.82, 2.24) is 30.5 Å². The molecule has 3 N–H and O–H groups in total. The van der Waals surface area contributed by atoms with Gasteiger partial charge in [0.05, 0.1) is 17.4 Å². The number of H-pyrrole nitrogens is 2. The monoisotopic (exact) mass is 426 g/mol. The normalized spacial score (nSPS) is 15.1. The Morgan fingerprint density at radius 3 is 2.69 bits per heavy atom. The number of halogens is 1. The Morgan fingerprint density at radius 1 is 0.969 bits per heavy atom. The molecule has 7 heteroatoms. The van der Waals surface area contributed by atoms with Crippen molar-refractivity contribution in [3.05, 3.63) is 65.9 Å². The zero-order chi connectivity index (χ0) is 21.7. The van der Waals surface area contributed by atoms with Gasteiger partial charge in [0.2, 0.25) is 0 Å². The Kier molecular flexibility index (Phi) is 4.50. The van der Waals surface area contributed by atoms with Crippen LogP contribution in [0.2, 0.25) is 0 Å². The molecular formula is C25H23FN6. The van der Waals surface area contributed by atoms with Gasteiger partial charge in [0, 0.05) is 28.7 Å². The van der Waals surface area contributed by atoms with Gasteiger partial charge in [0.15, 0.2) is 5.65 Å². The van der Waals surface area contributed by atoms with Crippen LogP contribution in [-0.2, 0) is 0 Å². The zero-order valence-corrected chi connectivity index (χ0v) is 17.7. The maximum absolute atomic E-state index is 14.1. The molecule has 1 aromatic carbocycles. The van der Waals surface area contributed by atoms with Gasteiger partial charge < -0.3 is 10.3 Å². The molecule has 1 saturated heterocycles. The minimum atomic E-state index is -0.248. The number of nitrogens with one attached hydrogen (secondary N) is 3. The van der Waals surface area contributed by atoms with E-state index >= 15 is 0 Å². The highest BCUT2D eigenvalue weighted by molar-refractivity contribution is 6.00. The Labute approximate surface area is 184 Å². The molecule has 4 aromatic heterocycles. The number of benzene rings is 1. The van der Waals surface area contributed by atoms with E-state index in [-0.39, 0.29) is 5.82 Å². The van der Waals surface area contributed by atoms with Crippen LogP contribution in [-0.4, -0.2) is 38.2 Å². The molecule has 0 aliphatic carbocycles. The van der Waals surface area contributed by atoms with Crippen LogP contribution in [0.1, 0.15) is 29.9 Å². The first-order valence-electron chi connectivity index (χ1n) is 10.9. The number of hydrogen-bond donors (Lipinski definition) is 3. The Balaban J connectivity index is 1.47. The highest BCUT2D eigenvalue weighted by atomic mass is 19.1. The second kappa shape index (κ2) is 7.53. The van der Waals surface area contributed by atoms with Crippen molar-refractivity contribution < 1.29 is 4.39 Å². The van der Waals surface area contributed by atoms with Crippen LogP contribution in [0.5, 0.6) is 0 Å². The summed E-state index contributed by atoms with van der Waals surface area (Å²) in [7, 11) is 0. The third-order valence-electron chi connectivity index (χ3n) is 6.40. The van der Waals surface area contributed by atoms with Crippen molar-refractivity contribution in [2.24, 2.45) is 0 Å². The van der Waals surface area contributed by atoms with Crippen LogP contribution in [0.4, 0.5) is 4.39 Å². The van der Waals surface area contributed by atoms with E-state index in [9.17, 15) is 4.39 Å². The second-order valence-corrected chi connectivity index (χ2v) is 8.61. The number of nitrogens with zero attached hydrogens (tertiary/aromatic N) is 3. The van der Waals surface area contributed by atoms with Crippen LogP contribution < -0.4 is 5.32 Å². The topological polar surface area (TPSA) is 82.3 Å². The van der Waals surface area contributed by atoms with E-state index in [4.69, 9.17) is 0 Å². The third kappa shape index (κ3) is 3.26. The third-order valence-corrected chi connectivity index (χ3v) is 6.40. The molecule has 0 radical (unpaired) electrons. The first kappa shape index (κ1) is 19.1. The molecular weight excluding hydrogens is 403 g/mol. The lowest BCUT2D eigenvalue weighted by molar-refractivity contribution is 0.460. The summed E-state index contributed by atoms with van der Waals surface area (Å²) in [6.45, 7) is 3.97. The summed E-state index contributed by atoms with van der Waals surface area (Å²) in [5.74, 6) is 0.271. The summed E-state index contributed by atoms with van der Waals surface area (Å²) in [6, 6.07) is 9.35. The molecule has 0 bridgehead atoms. The minimum Gasteiger partial charge on any atom is -0.352 e. The van der Waals surface area contributed by atoms with Crippen LogP contribution >= 0.6 is 0 Å². The molecule has 1 fully saturated rings. The van der Waals surface area contributed by atoms with Gasteiger partial charge in [-0.1, -0.05) is 6.07 Å². The number of aromatic amines is 2. The highest BCUT2D eigenvalue weighted by Gasteiger charge is 2.19. The molecule has 0 unspecified atom stereocenters. The highest BCUT2D eigenvalue weighted by Crippen LogP contribution is 2.35. The number of piperidine rings is 1. The van der Waals surface area contributed by atoms with Gasteiger partial charge in [0.25, 0.3) is 0 Å². The number of rotatable bonds is 3. The van der Waals surface area contributed by atoms with E-state index in [1.165, 1.54) is 11.6 Å².